The Kier molecular flexibility index (Phi) is 6.48. The van der Waals surface area contributed by atoms with Gasteiger partial charge in [-0.15, -0.1) is 12.4 Å². The van der Waals surface area contributed by atoms with E-state index >= 15 is 0 Å². The molecule has 1 saturated heterocycles. The van der Waals surface area contributed by atoms with Crippen LogP contribution < -0.4 is 16.0 Å². The van der Waals surface area contributed by atoms with Gasteiger partial charge in [-0.3, -0.25) is 9.59 Å². The van der Waals surface area contributed by atoms with Gasteiger partial charge in [0.15, 0.2) is 0 Å². The van der Waals surface area contributed by atoms with Gasteiger partial charge < -0.3 is 16.0 Å². The van der Waals surface area contributed by atoms with Crippen molar-refractivity contribution in [3.8, 4) is 0 Å². The Labute approximate surface area is 124 Å². The number of anilines is 2. The van der Waals surface area contributed by atoms with Gasteiger partial charge in [0.25, 0.3) is 0 Å². The lowest BCUT2D eigenvalue weighted by atomic mass is 10.2. The molecule has 1 heterocycles. The minimum atomic E-state index is -0.0838. The summed E-state index contributed by atoms with van der Waals surface area (Å²) in [6, 6.07) is 7.06. The van der Waals surface area contributed by atoms with Gasteiger partial charge >= 0.3 is 0 Å². The van der Waals surface area contributed by atoms with Crippen molar-refractivity contribution in [1.29, 1.82) is 0 Å². The molecule has 1 aliphatic rings. The van der Waals surface area contributed by atoms with Crippen LogP contribution >= 0.6 is 12.4 Å². The van der Waals surface area contributed by atoms with Gasteiger partial charge in [-0.1, -0.05) is 6.92 Å². The average Bonchev–Trinajstić information content (AvgIpc) is 2.95. The van der Waals surface area contributed by atoms with Crippen LogP contribution in [-0.2, 0) is 9.59 Å². The van der Waals surface area contributed by atoms with Crippen LogP contribution in [0.4, 0.5) is 11.4 Å². The lowest BCUT2D eigenvalue weighted by molar-refractivity contribution is -0.118. The number of carbonyl (C=O) groups is 2. The van der Waals surface area contributed by atoms with Crippen molar-refractivity contribution in [2.24, 2.45) is 0 Å². The van der Waals surface area contributed by atoms with Crippen LogP contribution in [0.15, 0.2) is 24.3 Å². The predicted molar refractivity (Wildman–Crippen MR) is 82.3 cm³/mol. The molecule has 0 aliphatic carbocycles. The average molecular weight is 298 g/mol. The molecule has 0 radical (unpaired) electrons. The SMILES string of the molecule is CCC(=O)Nc1ccc(NC(=O)[C@@H]2CCCN2)cc1.Cl. The van der Waals surface area contributed by atoms with Gasteiger partial charge in [-0.25, -0.2) is 0 Å². The first-order valence-electron chi connectivity index (χ1n) is 6.63. The Balaban J connectivity index is 0.00000200. The molecule has 3 N–H and O–H groups in total. The maximum Gasteiger partial charge on any atom is 0.241 e. The molecule has 1 fully saturated rings. The summed E-state index contributed by atoms with van der Waals surface area (Å²) in [5.74, 6) is -0.0187. The monoisotopic (exact) mass is 297 g/mol. The van der Waals surface area contributed by atoms with Gasteiger partial charge in [0.1, 0.15) is 0 Å². The van der Waals surface area contributed by atoms with Gasteiger partial charge in [0.05, 0.1) is 6.04 Å². The topological polar surface area (TPSA) is 70.2 Å². The molecule has 0 spiro atoms. The van der Waals surface area contributed by atoms with E-state index in [1.807, 2.05) is 0 Å². The van der Waals surface area contributed by atoms with Gasteiger partial charge in [-0.2, -0.15) is 0 Å². The summed E-state index contributed by atoms with van der Waals surface area (Å²) < 4.78 is 0. The number of rotatable bonds is 4. The first-order chi connectivity index (χ1) is 9.19. The molecule has 0 unspecified atom stereocenters. The van der Waals surface area contributed by atoms with Crippen LogP contribution in [0.5, 0.6) is 0 Å². The first kappa shape index (κ1) is 16.5. The number of benzene rings is 1. The van der Waals surface area contributed by atoms with Crippen LogP contribution in [0, 0.1) is 0 Å². The number of amides is 2. The van der Waals surface area contributed by atoms with E-state index in [0.29, 0.717) is 6.42 Å². The Morgan fingerprint density at radius 3 is 2.30 bits per heavy atom. The smallest absolute Gasteiger partial charge is 0.241 e. The quantitative estimate of drug-likeness (QED) is 0.797. The highest BCUT2D eigenvalue weighted by Gasteiger charge is 2.21. The highest BCUT2D eigenvalue weighted by Crippen LogP contribution is 2.15. The standard InChI is InChI=1S/C14H19N3O2.ClH/c1-2-13(18)16-10-5-7-11(8-6-10)17-14(19)12-4-3-9-15-12;/h5-8,12,15H,2-4,9H2,1H3,(H,16,18)(H,17,19);1H/t12-;/m0./s1. The summed E-state index contributed by atoms with van der Waals surface area (Å²) in [4.78, 5) is 23.1. The minimum absolute atomic E-state index is 0. The van der Waals surface area contributed by atoms with Crippen LogP contribution in [0.1, 0.15) is 26.2 Å². The predicted octanol–water partition coefficient (Wildman–Crippen LogP) is 2.15. The highest BCUT2D eigenvalue weighted by molar-refractivity contribution is 5.95. The van der Waals surface area contributed by atoms with E-state index in [9.17, 15) is 9.59 Å². The van der Waals surface area contributed by atoms with Crippen LogP contribution in [0.3, 0.4) is 0 Å². The van der Waals surface area contributed by atoms with Crippen molar-refractivity contribution >= 4 is 35.6 Å². The molecule has 2 rings (SSSR count). The van der Waals surface area contributed by atoms with Crippen LogP contribution in [0.25, 0.3) is 0 Å². The lowest BCUT2D eigenvalue weighted by Gasteiger charge is -2.11. The van der Waals surface area contributed by atoms with Crippen molar-refractivity contribution in [2.45, 2.75) is 32.2 Å². The zero-order valence-corrected chi connectivity index (χ0v) is 12.3. The number of hydrogen-bond donors (Lipinski definition) is 3. The Hall–Kier alpha value is -1.59. The molecule has 1 atom stereocenters. The fourth-order valence-electron chi connectivity index (χ4n) is 2.02. The van der Waals surface area contributed by atoms with Crippen molar-refractivity contribution < 1.29 is 9.59 Å². The molecule has 2 amide bonds. The third-order valence-corrected chi connectivity index (χ3v) is 3.13. The number of nitrogens with one attached hydrogen (secondary N) is 3. The third-order valence-electron chi connectivity index (χ3n) is 3.13. The number of carbonyl (C=O) groups excluding carboxylic acids is 2. The maximum absolute atomic E-state index is 11.9. The first-order valence-corrected chi connectivity index (χ1v) is 6.63. The Bertz CT molecular complexity index is 456. The summed E-state index contributed by atoms with van der Waals surface area (Å²) in [5, 5.41) is 8.78. The second-order valence-corrected chi connectivity index (χ2v) is 4.62. The molecule has 1 aliphatic heterocycles. The molecule has 20 heavy (non-hydrogen) atoms. The zero-order valence-electron chi connectivity index (χ0n) is 11.4. The third kappa shape index (κ3) is 4.51. The Morgan fingerprint density at radius 1 is 1.20 bits per heavy atom. The summed E-state index contributed by atoms with van der Waals surface area (Å²) >= 11 is 0. The normalized spacial score (nSPS) is 17.1. The van der Waals surface area contributed by atoms with E-state index in [-0.39, 0.29) is 30.3 Å². The molecule has 6 heteroatoms. The van der Waals surface area contributed by atoms with E-state index in [1.54, 1.807) is 31.2 Å². The van der Waals surface area contributed by atoms with Gasteiger partial charge in [0.2, 0.25) is 11.8 Å². The molecule has 1 aromatic rings. The fourth-order valence-corrected chi connectivity index (χ4v) is 2.02. The van der Waals surface area contributed by atoms with E-state index in [1.165, 1.54) is 0 Å². The second kappa shape index (κ2) is 7.87. The van der Waals surface area contributed by atoms with E-state index in [4.69, 9.17) is 0 Å². The molecule has 110 valence electrons. The molecule has 5 nitrogen and oxygen atoms in total. The molecular weight excluding hydrogens is 278 g/mol. The van der Waals surface area contributed by atoms with Crippen molar-refractivity contribution in [2.75, 3.05) is 17.2 Å². The highest BCUT2D eigenvalue weighted by atomic mass is 35.5. The molecular formula is C14H20ClN3O2. The minimum Gasteiger partial charge on any atom is -0.326 e. The molecule has 1 aromatic carbocycles. The summed E-state index contributed by atoms with van der Waals surface area (Å²) in [7, 11) is 0. The van der Waals surface area contributed by atoms with Crippen molar-refractivity contribution in [1.82, 2.24) is 5.32 Å². The Morgan fingerprint density at radius 2 is 1.80 bits per heavy atom. The molecule has 0 aromatic heterocycles. The second-order valence-electron chi connectivity index (χ2n) is 4.62. The van der Waals surface area contributed by atoms with E-state index < -0.39 is 0 Å². The van der Waals surface area contributed by atoms with Crippen LogP contribution in [-0.4, -0.2) is 24.4 Å². The zero-order chi connectivity index (χ0) is 13.7. The number of hydrogen-bond acceptors (Lipinski definition) is 3. The summed E-state index contributed by atoms with van der Waals surface area (Å²) in [5.41, 5.74) is 1.48. The van der Waals surface area contributed by atoms with Crippen molar-refractivity contribution in [3.05, 3.63) is 24.3 Å². The van der Waals surface area contributed by atoms with Crippen LogP contribution in [0.2, 0.25) is 0 Å². The largest absolute Gasteiger partial charge is 0.326 e. The fraction of sp³-hybridized carbons (Fsp3) is 0.429. The molecule has 0 saturated carbocycles. The number of halogens is 1. The summed E-state index contributed by atoms with van der Waals surface area (Å²) in [6.07, 6.45) is 2.38. The summed E-state index contributed by atoms with van der Waals surface area (Å²) in [6.45, 7) is 2.71. The van der Waals surface area contributed by atoms with Crippen molar-refractivity contribution in [3.63, 3.8) is 0 Å². The van der Waals surface area contributed by atoms with E-state index in [2.05, 4.69) is 16.0 Å². The van der Waals surface area contributed by atoms with Gasteiger partial charge in [-0.05, 0) is 43.7 Å². The van der Waals surface area contributed by atoms with E-state index in [0.717, 1.165) is 30.8 Å². The van der Waals surface area contributed by atoms with Gasteiger partial charge in [0, 0.05) is 17.8 Å². The molecule has 0 bridgehead atoms. The lowest BCUT2D eigenvalue weighted by Crippen LogP contribution is -2.35. The maximum atomic E-state index is 11.9.